The Morgan fingerprint density at radius 3 is 2.71 bits per heavy atom. The van der Waals surface area contributed by atoms with Gasteiger partial charge >= 0.3 is 0 Å². The monoisotopic (exact) mass is 236 g/mol. The van der Waals surface area contributed by atoms with Crippen LogP contribution in [0.3, 0.4) is 0 Å². The summed E-state index contributed by atoms with van der Waals surface area (Å²) in [5, 5.41) is 0. The van der Waals surface area contributed by atoms with E-state index >= 15 is 0 Å². The summed E-state index contributed by atoms with van der Waals surface area (Å²) < 4.78 is 5.35. The molecule has 0 atom stereocenters. The summed E-state index contributed by atoms with van der Waals surface area (Å²) >= 11 is 0. The molecule has 0 unspecified atom stereocenters. The largest absolute Gasteiger partial charge is 0.380 e. The van der Waals surface area contributed by atoms with Crippen molar-refractivity contribution in [3.63, 3.8) is 0 Å². The first-order chi connectivity index (χ1) is 8.17. The van der Waals surface area contributed by atoms with Crippen molar-refractivity contribution < 1.29 is 4.74 Å². The van der Waals surface area contributed by atoms with Gasteiger partial charge in [-0.15, -0.1) is 0 Å². The fourth-order valence-electron chi connectivity index (χ4n) is 1.80. The quantitative estimate of drug-likeness (QED) is 0.735. The number of ether oxygens (including phenoxy) is 1. The summed E-state index contributed by atoms with van der Waals surface area (Å²) in [6.45, 7) is 8.29. The van der Waals surface area contributed by atoms with E-state index in [0.29, 0.717) is 6.54 Å². The molecule has 0 aliphatic rings. The van der Waals surface area contributed by atoms with Crippen LogP contribution in [0.25, 0.3) is 0 Å². The Bertz CT molecular complexity index is 339. The minimum absolute atomic E-state index is 0.612. The Morgan fingerprint density at radius 1 is 1.35 bits per heavy atom. The van der Waals surface area contributed by atoms with Gasteiger partial charge in [-0.05, 0) is 37.6 Å². The lowest BCUT2D eigenvalue weighted by molar-refractivity contribution is 0.120. The summed E-state index contributed by atoms with van der Waals surface area (Å²) in [6, 6.07) is 6.46. The van der Waals surface area contributed by atoms with Gasteiger partial charge in [0.2, 0.25) is 0 Å². The number of hydrogen-bond donors (Lipinski definition) is 1. The van der Waals surface area contributed by atoms with E-state index in [2.05, 4.69) is 37.1 Å². The number of hydrogen-bond acceptors (Lipinski definition) is 3. The summed E-state index contributed by atoms with van der Waals surface area (Å²) in [6.07, 6.45) is 0. The van der Waals surface area contributed by atoms with Gasteiger partial charge in [0.25, 0.3) is 0 Å². The normalized spacial score (nSPS) is 11.1. The van der Waals surface area contributed by atoms with Crippen LogP contribution < -0.4 is 5.73 Å². The molecule has 0 radical (unpaired) electrons. The van der Waals surface area contributed by atoms with Crippen LogP contribution in [0.15, 0.2) is 18.2 Å². The van der Waals surface area contributed by atoms with Crippen LogP contribution in [-0.4, -0.2) is 31.7 Å². The topological polar surface area (TPSA) is 38.5 Å². The van der Waals surface area contributed by atoms with Gasteiger partial charge in [0.1, 0.15) is 0 Å². The predicted octanol–water partition coefficient (Wildman–Crippen LogP) is 1.92. The van der Waals surface area contributed by atoms with Crippen molar-refractivity contribution in [3.8, 4) is 0 Å². The molecule has 2 N–H and O–H groups in total. The number of rotatable bonds is 7. The van der Waals surface area contributed by atoms with E-state index in [1.807, 2.05) is 6.92 Å². The van der Waals surface area contributed by atoms with Crippen molar-refractivity contribution in [2.24, 2.45) is 5.73 Å². The second-order valence-electron chi connectivity index (χ2n) is 4.40. The Hall–Kier alpha value is -0.900. The van der Waals surface area contributed by atoms with E-state index in [-0.39, 0.29) is 0 Å². The highest BCUT2D eigenvalue weighted by Gasteiger charge is 2.03. The molecule has 96 valence electrons. The molecule has 0 fully saturated rings. The molecule has 0 aliphatic heterocycles. The third kappa shape index (κ3) is 4.86. The highest BCUT2D eigenvalue weighted by Crippen LogP contribution is 2.12. The van der Waals surface area contributed by atoms with Crippen LogP contribution in [0.2, 0.25) is 0 Å². The van der Waals surface area contributed by atoms with Crippen molar-refractivity contribution in [1.29, 1.82) is 0 Å². The van der Waals surface area contributed by atoms with E-state index in [9.17, 15) is 0 Å². The van der Waals surface area contributed by atoms with Gasteiger partial charge in [-0.25, -0.2) is 0 Å². The average molecular weight is 236 g/mol. The van der Waals surface area contributed by atoms with Crippen LogP contribution in [0.1, 0.15) is 23.6 Å². The van der Waals surface area contributed by atoms with Gasteiger partial charge in [-0.1, -0.05) is 18.2 Å². The van der Waals surface area contributed by atoms with Crippen LogP contribution in [-0.2, 0) is 17.8 Å². The van der Waals surface area contributed by atoms with Crippen LogP contribution in [0, 0.1) is 6.92 Å². The van der Waals surface area contributed by atoms with Crippen molar-refractivity contribution in [2.45, 2.75) is 26.9 Å². The van der Waals surface area contributed by atoms with Crippen molar-refractivity contribution in [3.05, 3.63) is 34.9 Å². The molecule has 17 heavy (non-hydrogen) atoms. The molecule has 0 aromatic heterocycles. The number of aryl methyl sites for hydroxylation is 1. The maximum Gasteiger partial charge on any atom is 0.0593 e. The number of benzene rings is 1. The molecule has 0 bridgehead atoms. The van der Waals surface area contributed by atoms with E-state index < -0.39 is 0 Å². The van der Waals surface area contributed by atoms with Gasteiger partial charge in [0.05, 0.1) is 6.61 Å². The molecule has 0 spiro atoms. The number of likely N-dealkylation sites (N-methyl/N-ethyl adjacent to an activating group) is 1. The molecular formula is C14H24N2O. The third-order valence-corrected chi connectivity index (χ3v) is 2.90. The lowest BCUT2D eigenvalue weighted by Crippen LogP contribution is -2.23. The van der Waals surface area contributed by atoms with Crippen LogP contribution in [0.5, 0.6) is 0 Å². The van der Waals surface area contributed by atoms with Gasteiger partial charge in [-0.2, -0.15) is 0 Å². The van der Waals surface area contributed by atoms with E-state index in [1.165, 1.54) is 16.7 Å². The molecule has 0 aliphatic carbocycles. The minimum atomic E-state index is 0.612. The second kappa shape index (κ2) is 7.43. The molecule has 0 saturated carbocycles. The van der Waals surface area contributed by atoms with Gasteiger partial charge in [0, 0.05) is 26.2 Å². The first kappa shape index (κ1) is 14.2. The number of nitrogens with zero attached hydrogens (tertiary/aromatic N) is 1. The Morgan fingerprint density at radius 2 is 2.12 bits per heavy atom. The Balaban J connectivity index is 2.50. The predicted molar refractivity (Wildman–Crippen MR) is 71.9 cm³/mol. The molecule has 1 rings (SSSR count). The molecule has 1 aromatic carbocycles. The van der Waals surface area contributed by atoms with Crippen molar-refractivity contribution >= 4 is 0 Å². The SMILES string of the molecule is CCOCCN(C)Cc1ccc(CN)cc1C. The Labute approximate surface area is 105 Å². The molecule has 0 heterocycles. The van der Waals surface area contributed by atoms with Gasteiger partial charge in [0.15, 0.2) is 0 Å². The van der Waals surface area contributed by atoms with Crippen molar-refractivity contribution in [1.82, 2.24) is 4.90 Å². The maximum absolute atomic E-state index is 5.62. The smallest absolute Gasteiger partial charge is 0.0593 e. The molecule has 0 saturated heterocycles. The highest BCUT2D eigenvalue weighted by molar-refractivity contribution is 5.30. The summed E-state index contributed by atoms with van der Waals surface area (Å²) in [5.74, 6) is 0. The third-order valence-electron chi connectivity index (χ3n) is 2.90. The van der Waals surface area contributed by atoms with Gasteiger partial charge < -0.3 is 10.5 Å². The standard InChI is InChI=1S/C14H24N2O/c1-4-17-8-7-16(3)11-14-6-5-13(10-15)9-12(14)2/h5-6,9H,4,7-8,10-11,15H2,1-3H3. The fraction of sp³-hybridized carbons (Fsp3) is 0.571. The van der Waals surface area contributed by atoms with E-state index in [4.69, 9.17) is 10.5 Å². The molecule has 3 nitrogen and oxygen atoms in total. The minimum Gasteiger partial charge on any atom is -0.380 e. The molecule has 0 amide bonds. The highest BCUT2D eigenvalue weighted by atomic mass is 16.5. The van der Waals surface area contributed by atoms with Gasteiger partial charge in [-0.3, -0.25) is 4.90 Å². The van der Waals surface area contributed by atoms with Crippen LogP contribution in [0.4, 0.5) is 0 Å². The van der Waals surface area contributed by atoms with Crippen molar-refractivity contribution in [2.75, 3.05) is 26.8 Å². The van der Waals surface area contributed by atoms with Crippen LogP contribution >= 0.6 is 0 Å². The summed E-state index contributed by atoms with van der Waals surface area (Å²) in [5.41, 5.74) is 9.50. The molecular weight excluding hydrogens is 212 g/mol. The maximum atomic E-state index is 5.62. The second-order valence-corrected chi connectivity index (χ2v) is 4.40. The Kier molecular flexibility index (Phi) is 6.19. The van der Waals surface area contributed by atoms with E-state index in [0.717, 1.165) is 26.3 Å². The lowest BCUT2D eigenvalue weighted by atomic mass is 10.0. The zero-order valence-electron chi connectivity index (χ0n) is 11.2. The lowest BCUT2D eigenvalue weighted by Gasteiger charge is -2.18. The fourth-order valence-corrected chi connectivity index (χ4v) is 1.80. The zero-order chi connectivity index (χ0) is 12.7. The average Bonchev–Trinajstić information content (AvgIpc) is 2.32. The number of nitrogens with two attached hydrogens (primary N) is 1. The summed E-state index contributed by atoms with van der Waals surface area (Å²) in [7, 11) is 2.12. The zero-order valence-corrected chi connectivity index (χ0v) is 11.2. The molecule has 3 heteroatoms. The first-order valence-electron chi connectivity index (χ1n) is 6.22. The first-order valence-corrected chi connectivity index (χ1v) is 6.22. The van der Waals surface area contributed by atoms with E-state index in [1.54, 1.807) is 0 Å². The molecule has 1 aromatic rings. The summed E-state index contributed by atoms with van der Waals surface area (Å²) in [4.78, 5) is 2.28.